The Labute approximate surface area is 128 Å². The summed E-state index contributed by atoms with van der Waals surface area (Å²) >= 11 is 5.92. The monoisotopic (exact) mass is 305 g/mol. The number of aromatic nitrogens is 1. The minimum Gasteiger partial charge on any atom is -0.473 e. The van der Waals surface area contributed by atoms with Crippen molar-refractivity contribution in [2.45, 2.75) is 20.0 Å². The van der Waals surface area contributed by atoms with Gasteiger partial charge in [0.15, 0.2) is 0 Å². The van der Waals surface area contributed by atoms with Crippen molar-refractivity contribution in [3.63, 3.8) is 0 Å². The van der Waals surface area contributed by atoms with Gasteiger partial charge in [-0.1, -0.05) is 17.7 Å². The third-order valence-electron chi connectivity index (χ3n) is 2.66. The molecule has 0 spiro atoms. The Kier molecular flexibility index (Phi) is 4.65. The van der Waals surface area contributed by atoms with Gasteiger partial charge in [-0.2, -0.15) is 0 Å². The predicted octanol–water partition coefficient (Wildman–Crippen LogP) is 3.36. The van der Waals surface area contributed by atoms with Crippen LogP contribution in [0.25, 0.3) is 0 Å². The molecule has 3 N–H and O–H groups in total. The van der Waals surface area contributed by atoms with Crippen molar-refractivity contribution in [2.75, 3.05) is 11.1 Å². The van der Waals surface area contributed by atoms with Crippen molar-refractivity contribution in [1.29, 1.82) is 0 Å². The SMILES string of the molecule is CC(C)Oc1ncccc1NC(=O)c1cccc(Cl)c1N. The largest absolute Gasteiger partial charge is 0.473 e. The van der Waals surface area contributed by atoms with E-state index in [9.17, 15) is 4.79 Å². The maximum atomic E-state index is 12.3. The summed E-state index contributed by atoms with van der Waals surface area (Å²) in [6.45, 7) is 3.77. The van der Waals surface area contributed by atoms with Crippen molar-refractivity contribution >= 4 is 28.9 Å². The van der Waals surface area contributed by atoms with E-state index in [4.69, 9.17) is 22.1 Å². The number of hydrogen-bond acceptors (Lipinski definition) is 4. The zero-order valence-corrected chi connectivity index (χ0v) is 12.5. The number of carbonyl (C=O) groups excluding carboxylic acids is 1. The predicted molar refractivity (Wildman–Crippen MR) is 83.8 cm³/mol. The number of para-hydroxylation sites is 1. The van der Waals surface area contributed by atoms with E-state index in [1.165, 1.54) is 0 Å². The molecule has 0 radical (unpaired) electrons. The fraction of sp³-hybridized carbons (Fsp3) is 0.200. The average molecular weight is 306 g/mol. The van der Waals surface area contributed by atoms with Crippen LogP contribution in [-0.4, -0.2) is 17.0 Å². The highest BCUT2D eigenvalue weighted by Crippen LogP contribution is 2.26. The molecule has 21 heavy (non-hydrogen) atoms. The third kappa shape index (κ3) is 3.64. The minimum atomic E-state index is -0.364. The van der Waals surface area contributed by atoms with E-state index in [0.29, 0.717) is 22.2 Å². The van der Waals surface area contributed by atoms with Gasteiger partial charge in [-0.05, 0) is 38.1 Å². The standard InChI is InChI=1S/C15H16ClN3O2/c1-9(2)21-15-12(7-4-8-18-15)19-14(20)10-5-3-6-11(16)13(10)17/h3-9H,17H2,1-2H3,(H,19,20). The van der Waals surface area contributed by atoms with Crippen LogP contribution in [0.3, 0.4) is 0 Å². The van der Waals surface area contributed by atoms with Crippen molar-refractivity contribution in [1.82, 2.24) is 4.98 Å². The second kappa shape index (κ2) is 6.45. The number of nitrogens with two attached hydrogens (primary N) is 1. The first kappa shape index (κ1) is 15.1. The molecule has 1 aromatic heterocycles. The van der Waals surface area contributed by atoms with Crippen LogP contribution in [0.2, 0.25) is 5.02 Å². The molecule has 0 unspecified atom stereocenters. The molecule has 0 bridgehead atoms. The molecule has 0 atom stereocenters. The molecule has 0 aliphatic carbocycles. The van der Waals surface area contributed by atoms with Crippen LogP contribution in [0.4, 0.5) is 11.4 Å². The highest BCUT2D eigenvalue weighted by Gasteiger charge is 2.15. The van der Waals surface area contributed by atoms with Crippen LogP contribution in [0.5, 0.6) is 5.88 Å². The van der Waals surface area contributed by atoms with Crippen LogP contribution in [0.15, 0.2) is 36.5 Å². The molecule has 0 aliphatic heterocycles. The van der Waals surface area contributed by atoms with Crippen LogP contribution >= 0.6 is 11.6 Å². The number of nitrogens with one attached hydrogen (secondary N) is 1. The Morgan fingerprint density at radius 3 is 2.81 bits per heavy atom. The summed E-state index contributed by atoms with van der Waals surface area (Å²) in [7, 11) is 0. The van der Waals surface area contributed by atoms with Gasteiger partial charge in [0, 0.05) is 6.20 Å². The van der Waals surface area contributed by atoms with Crippen LogP contribution in [0.1, 0.15) is 24.2 Å². The smallest absolute Gasteiger partial charge is 0.257 e. The van der Waals surface area contributed by atoms with Gasteiger partial charge in [-0.15, -0.1) is 0 Å². The number of rotatable bonds is 4. The first-order chi connectivity index (χ1) is 9.99. The van der Waals surface area contributed by atoms with E-state index in [1.807, 2.05) is 13.8 Å². The number of carbonyl (C=O) groups is 1. The number of nitrogen functional groups attached to an aromatic ring is 1. The van der Waals surface area contributed by atoms with E-state index in [1.54, 1.807) is 36.5 Å². The zero-order chi connectivity index (χ0) is 15.4. The molecular formula is C15H16ClN3O2. The van der Waals surface area contributed by atoms with Gasteiger partial charge in [-0.25, -0.2) is 4.98 Å². The molecule has 0 fully saturated rings. The molecule has 5 nitrogen and oxygen atoms in total. The number of ether oxygens (including phenoxy) is 1. The minimum absolute atomic E-state index is 0.0493. The maximum Gasteiger partial charge on any atom is 0.257 e. The van der Waals surface area contributed by atoms with Gasteiger partial charge in [-0.3, -0.25) is 4.79 Å². The number of halogens is 1. The van der Waals surface area contributed by atoms with Crippen molar-refractivity contribution < 1.29 is 9.53 Å². The van der Waals surface area contributed by atoms with E-state index < -0.39 is 0 Å². The van der Waals surface area contributed by atoms with Gasteiger partial charge < -0.3 is 15.8 Å². The lowest BCUT2D eigenvalue weighted by Gasteiger charge is -2.14. The molecule has 1 amide bonds. The summed E-state index contributed by atoms with van der Waals surface area (Å²) in [5.74, 6) is -0.00180. The summed E-state index contributed by atoms with van der Waals surface area (Å²) in [6, 6.07) is 8.33. The highest BCUT2D eigenvalue weighted by molar-refractivity contribution is 6.34. The summed E-state index contributed by atoms with van der Waals surface area (Å²) < 4.78 is 5.55. The quantitative estimate of drug-likeness (QED) is 0.849. The second-order valence-electron chi connectivity index (χ2n) is 4.68. The lowest BCUT2D eigenvalue weighted by molar-refractivity contribution is 0.102. The lowest BCUT2D eigenvalue weighted by atomic mass is 10.1. The molecular weight excluding hydrogens is 290 g/mol. The highest BCUT2D eigenvalue weighted by atomic mass is 35.5. The van der Waals surface area contributed by atoms with Gasteiger partial charge in [0.1, 0.15) is 5.69 Å². The molecule has 0 aliphatic rings. The molecule has 2 aromatic rings. The number of hydrogen-bond donors (Lipinski definition) is 2. The lowest BCUT2D eigenvalue weighted by Crippen LogP contribution is -2.16. The topological polar surface area (TPSA) is 77.2 Å². The van der Waals surface area contributed by atoms with Crippen molar-refractivity contribution in [3.05, 3.63) is 47.1 Å². The first-order valence-corrected chi connectivity index (χ1v) is 6.84. The fourth-order valence-electron chi connectivity index (χ4n) is 1.73. The van der Waals surface area contributed by atoms with E-state index in [0.717, 1.165) is 0 Å². The normalized spacial score (nSPS) is 10.5. The summed E-state index contributed by atoms with van der Waals surface area (Å²) in [5.41, 5.74) is 6.85. The number of nitrogens with zero attached hydrogens (tertiary/aromatic N) is 1. The Balaban J connectivity index is 2.26. The molecule has 0 saturated carbocycles. The zero-order valence-electron chi connectivity index (χ0n) is 11.8. The number of anilines is 2. The molecule has 1 aromatic carbocycles. The van der Waals surface area contributed by atoms with E-state index in [2.05, 4.69) is 10.3 Å². The summed E-state index contributed by atoms with van der Waals surface area (Å²) in [6.07, 6.45) is 1.55. The number of pyridine rings is 1. The van der Waals surface area contributed by atoms with Crippen molar-refractivity contribution in [2.24, 2.45) is 0 Å². The molecule has 2 rings (SSSR count). The molecule has 6 heteroatoms. The van der Waals surface area contributed by atoms with Crippen molar-refractivity contribution in [3.8, 4) is 5.88 Å². The van der Waals surface area contributed by atoms with E-state index >= 15 is 0 Å². The first-order valence-electron chi connectivity index (χ1n) is 6.46. The summed E-state index contributed by atoms with van der Waals surface area (Å²) in [5, 5.41) is 3.08. The maximum absolute atomic E-state index is 12.3. The Hall–Kier alpha value is -2.27. The number of benzene rings is 1. The van der Waals surface area contributed by atoms with Gasteiger partial charge in [0.05, 0.1) is 22.4 Å². The molecule has 1 heterocycles. The van der Waals surface area contributed by atoms with Gasteiger partial charge >= 0.3 is 0 Å². The number of amides is 1. The van der Waals surface area contributed by atoms with Gasteiger partial charge in [0.2, 0.25) is 5.88 Å². The summed E-state index contributed by atoms with van der Waals surface area (Å²) in [4.78, 5) is 16.4. The molecule has 110 valence electrons. The Bertz CT molecular complexity index is 659. The average Bonchev–Trinajstić information content (AvgIpc) is 2.43. The molecule has 0 saturated heterocycles. The van der Waals surface area contributed by atoms with Crippen LogP contribution < -0.4 is 15.8 Å². The fourth-order valence-corrected chi connectivity index (χ4v) is 1.90. The Morgan fingerprint density at radius 2 is 2.10 bits per heavy atom. The Morgan fingerprint density at radius 1 is 1.33 bits per heavy atom. The van der Waals surface area contributed by atoms with Gasteiger partial charge in [0.25, 0.3) is 5.91 Å². The second-order valence-corrected chi connectivity index (χ2v) is 5.09. The van der Waals surface area contributed by atoms with E-state index in [-0.39, 0.29) is 17.7 Å². The third-order valence-corrected chi connectivity index (χ3v) is 2.99. The van der Waals surface area contributed by atoms with Crippen LogP contribution in [-0.2, 0) is 0 Å². The van der Waals surface area contributed by atoms with Crippen LogP contribution in [0, 0.1) is 0 Å².